The van der Waals surface area contributed by atoms with Crippen molar-refractivity contribution in [3.05, 3.63) is 52.5 Å². The Balaban J connectivity index is 1.57. The van der Waals surface area contributed by atoms with Crippen LogP contribution in [0.4, 0.5) is 0 Å². The number of rotatable bonds is 6. The van der Waals surface area contributed by atoms with Gasteiger partial charge in [-0.1, -0.05) is 12.1 Å². The minimum Gasteiger partial charge on any atom is -0.396 e. The van der Waals surface area contributed by atoms with Crippen LogP contribution in [0.25, 0.3) is 0 Å². The molecule has 2 aromatic heterocycles. The van der Waals surface area contributed by atoms with E-state index >= 15 is 0 Å². The van der Waals surface area contributed by atoms with Gasteiger partial charge in [-0.3, -0.25) is 9.88 Å². The van der Waals surface area contributed by atoms with Crippen molar-refractivity contribution >= 4 is 11.3 Å². The zero-order chi connectivity index (χ0) is 14.5. The number of hydrogen-bond donors (Lipinski definition) is 1. The summed E-state index contributed by atoms with van der Waals surface area (Å²) in [4.78, 5) is 8.05. The fourth-order valence-corrected chi connectivity index (χ4v) is 3.88. The summed E-state index contributed by atoms with van der Waals surface area (Å²) in [6, 6.07) is 8.41. The zero-order valence-corrected chi connectivity index (χ0v) is 13.1. The van der Waals surface area contributed by atoms with Gasteiger partial charge in [0.1, 0.15) is 0 Å². The fourth-order valence-electron chi connectivity index (χ4n) is 3.17. The number of likely N-dealkylation sites (tertiary alicyclic amines) is 1. The van der Waals surface area contributed by atoms with Crippen molar-refractivity contribution in [2.24, 2.45) is 5.41 Å². The molecule has 0 radical (unpaired) electrons. The van der Waals surface area contributed by atoms with E-state index < -0.39 is 0 Å². The Bertz CT molecular complexity index is 543. The highest BCUT2D eigenvalue weighted by Crippen LogP contribution is 2.35. The first-order valence-electron chi connectivity index (χ1n) is 7.54. The molecule has 1 fully saturated rings. The third-order valence-corrected chi connectivity index (χ3v) is 5.40. The Morgan fingerprint density at radius 1 is 1.33 bits per heavy atom. The summed E-state index contributed by atoms with van der Waals surface area (Å²) in [5, 5.41) is 12.0. The van der Waals surface area contributed by atoms with Gasteiger partial charge >= 0.3 is 0 Å². The number of aliphatic hydroxyl groups is 1. The van der Waals surface area contributed by atoms with Crippen LogP contribution in [-0.4, -0.2) is 34.7 Å². The van der Waals surface area contributed by atoms with Gasteiger partial charge in [0.05, 0.1) is 0 Å². The maximum absolute atomic E-state index is 9.89. The molecule has 2 aromatic rings. The van der Waals surface area contributed by atoms with Crippen LogP contribution in [0.2, 0.25) is 0 Å². The lowest BCUT2D eigenvalue weighted by atomic mass is 9.83. The SMILES string of the molecule is OCC1(CCc2cccs2)CCN(Cc2cccnc2)C1. The third-order valence-electron chi connectivity index (χ3n) is 4.46. The van der Waals surface area contributed by atoms with Gasteiger partial charge in [-0.25, -0.2) is 0 Å². The molecule has 1 saturated heterocycles. The number of aryl methyl sites for hydroxylation is 1. The molecule has 21 heavy (non-hydrogen) atoms. The maximum Gasteiger partial charge on any atom is 0.0500 e. The van der Waals surface area contributed by atoms with E-state index in [0.29, 0.717) is 6.61 Å². The summed E-state index contributed by atoms with van der Waals surface area (Å²) in [6.07, 6.45) is 7.00. The molecule has 1 atom stereocenters. The number of hydrogen-bond acceptors (Lipinski definition) is 4. The molecule has 0 saturated carbocycles. The van der Waals surface area contributed by atoms with Crippen LogP contribution >= 0.6 is 11.3 Å². The lowest BCUT2D eigenvalue weighted by Crippen LogP contribution is -2.30. The summed E-state index contributed by atoms with van der Waals surface area (Å²) in [5.74, 6) is 0. The van der Waals surface area contributed by atoms with Crippen LogP contribution in [0.1, 0.15) is 23.3 Å². The Hall–Kier alpha value is -1.23. The molecule has 0 amide bonds. The predicted molar refractivity (Wildman–Crippen MR) is 86.3 cm³/mol. The topological polar surface area (TPSA) is 36.4 Å². The number of thiophene rings is 1. The smallest absolute Gasteiger partial charge is 0.0500 e. The second-order valence-electron chi connectivity index (χ2n) is 6.06. The maximum atomic E-state index is 9.89. The fraction of sp³-hybridized carbons (Fsp3) is 0.471. The molecule has 3 nitrogen and oxygen atoms in total. The molecule has 0 spiro atoms. The molecule has 112 valence electrons. The molecule has 1 N–H and O–H groups in total. The average molecular weight is 302 g/mol. The molecule has 0 aliphatic carbocycles. The number of nitrogens with zero attached hydrogens (tertiary/aromatic N) is 2. The summed E-state index contributed by atoms with van der Waals surface area (Å²) in [5.41, 5.74) is 1.33. The summed E-state index contributed by atoms with van der Waals surface area (Å²) >= 11 is 1.82. The van der Waals surface area contributed by atoms with Crippen molar-refractivity contribution in [1.29, 1.82) is 0 Å². The molecule has 0 aromatic carbocycles. The van der Waals surface area contributed by atoms with E-state index in [-0.39, 0.29) is 5.41 Å². The molecular weight excluding hydrogens is 280 g/mol. The second kappa shape index (κ2) is 6.69. The molecule has 3 heterocycles. The van der Waals surface area contributed by atoms with Gasteiger partial charge in [0, 0.05) is 42.4 Å². The first kappa shape index (κ1) is 14.7. The average Bonchev–Trinajstić information content (AvgIpc) is 3.17. The van der Waals surface area contributed by atoms with Crippen LogP contribution in [0.5, 0.6) is 0 Å². The highest BCUT2D eigenvalue weighted by Gasteiger charge is 2.37. The largest absolute Gasteiger partial charge is 0.396 e. The number of aromatic nitrogens is 1. The van der Waals surface area contributed by atoms with Crippen molar-refractivity contribution in [1.82, 2.24) is 9.88 Å². The Morgan fingerprint density at radius 2 is 2.29 bits per heavy atom. The van der Waals surface area contributed by atoms with Crippen molar-refractivity contribution < 1.29 is 5.11 Å². The van der Waals surface area contributed by atoms with Gasteiger partial charge in [-0.15, -0.1) is 11.3 Å². The molecule has 1 aliphatic heterocycles. The third kappa shape index (κ3) is 3.70. The summed E-state index contributed by atoms with van der Waals surface area (Å²) in [7, 11) is 0. The van der Waals surface area contributed by atoms with Crippen molar-refractivity contribution in [3.63, 3.8) is 0 Å². The van der Waals surface area contributed by atoms with Gasteiger partial charge in [0.15, 0.2) is 0 Å². The standard InChI is InChI=1S/C17H22N2OS/c20-14-17(6-5-16-4-2-10-21-16)7-9-19(13-17)12-15-3-1-8-18-11-15/h1-4,8,10-11,20H,5-7,9,12-14H2. The van der Waals surface area contributed by atoms with Crippen LogP contribution < -0.4 is 0 Å². The lowest BCUT2D eigenvalue weighted by Gasteiger charge is -2.27. The van der Waals surface area contributed by atoms with Gasteiger partial charge in [0.2, 0.25) is 0 Å². The Morgan fingerprint density at radius 3 is 3.00 bits per heavy atom. The number of pyridine rings is 1. The summed E-state index contributed by atoms with van der Waals surface area (Å²) < 4.78 is 0. The van der Waals surface area contributed by atoms with E-state index in [9.17, 15) is 5.11 Å². The first-order valence-corrected chi connectivity index (χ1v) is 8.42. The Kier molecular flexibility index (Phi) is 4.68. The van der Waals surface area contributed by atoms with Crippen LogP contribution in [0.15, 0.2) is 42.0 Å². The summed E-state index contributed by atoms with van der Waals surface area (Å²) in [6.45, 7) is 3.29. The van der Waals surface area contributed by atoms with Gasteiger partial charge < -0.3 is 5.11 Å². The van der Waals surface area contributed by atoms with E-state index in [0.717, 1.165) is 38.9 Å². The molecule has 1 aliphatic rings. The predicted octanol–water partition coefficient (Wildman–Crippen LogP) is 2.96. The molecular formula is C17H22N2OS. The van der Waals surface area contributed by atoms with Gasteiger partial charge in [-0.2, -0.15) is 0 Å². The zero-order valence-electron chi connectivity index (χ0n) is 12.2. The van der Waals surface area contributed by atoms with Gasteiger partial charge in [0.25, 0.3) is 0 Å². The van der Waals surface area contributed by atoms with Crippen LogP contribution in [0.3, 0.4) is 0 Å². The van der Waals surface area contributed by atoms with Crippen molar-refractivity contribution in [2.45, 2.75) is 25.8 Å². The number of aliphatic hydroxyl groups excluding tert-OH is 1. The lowest BCUT2D eigenvalue weighted by molar-refractivity contribution is 0.118. The molecule has 0 bridgehead atoms. The van der Waals surface area contributed by atoms with Crippen molar-refractivity contribution in [2.75, 3.05) is 19.7 Å². The van der Waals surface area contributed by atoms with Gasteiger partial charge in [-0.05, 0) is 48.9 Å². The Labute approximate surface area is 130 Å². The monoisotopic (exact) mass is 302 g/mol. The normalized spacial score (nSPS) is 22.7. The molecule has 4 heteroatoms. The minimum absolute atomic E-state index is 0.0756. The quantitative estimate of drug-likeness (QED) is 0.891. The van der Waals surface area contributed by atoms with Crippen LogP contribution in [-0.2, 0) is 13.0 Å². The van der Waals surface area contributed by atoms with E-state index in [1.54, 1.807) is 0 Å². The molecule has 1 unspecified atom stereocenters. The molecule has 3 rings (SSSR count). The highest BCUT2D eigenvalue weighted by atomic mass is 32.1. The van der Waals surface area contributed by atoms with E-state index in [4.69, 9.17) is 0 Å². The highest BCUT2D eigenvalue weighted by molar-refractivity contribution is 7.09. The van der Waals surface area contributed by atoms with Crippen LogP contribution in [0, 0.1) is 5.41 Å². The minimum atomic E-state index is 0.0756. The van der Waals surface area contributed by atoms with E-state index in [1.165, 1.54) is 10.4 Å². The first-order chi connectivity index (χ1) is 10.3. The van der Waals surface area contributed by atoms with E-state index in [2.05, 4.69) is 33.5 Å². The van der Waals surface area contributed by atoms with E-state index in [1.807, 2.05) is 29.8 Å². The second-order valence-corrected chi connectivity index (χ2v) is 7.09. The van der Waals surface area contributed by atoms with Crippen molar-refractivity contribution in [3.8, 4) is 0 Å².